The number of ether oxygens (including phenoxy) is 3. The molecule has 0 saturated carbocycles. The average Bonchev–Trinajstić information content (AvgIpc) is 3.09. The largest absolute Gasteiger partial charge is 0.484 e. The van der Waals surface area contributed by atoms with Gasteiger partial charge in [0.2, 0.25) is 5.88 Å². The van der Waals surface area contributed by atoms with Crippen molar-refractivity contribution in [1.82, 2.24) is 14.9 Å². The molecule has 6 nitrogen and oxygen atoms in total. The number of aromatic nitrogens is 2. The topological polar surface area (TPSA) is 56.7 Å². The van der Waals surface area contributed by atoms with Gasteiger partial charge in [-0.3, -0.25) is 4.90 Å². The maximum atomic E-state index is 5.67. The number of methoxy groups -OCH3 is 1. The monoisotopic (exact) mass is 415 g/mol. The number of hydrogen-bond donors (Lipinski definition) is 1. The third-order valence-electron chi connectivity index (χ3n) is 5.89. The number of pyridine rings is 2. The standard InChI is InChI=1S/C22H29N3O3S/c1-15-11-16(12-19(23-15)26-4)13-21(2)7-8-25(14-21)22(3,29)18-6-5-17-20(24-18)28-10-9-27-17/h5-6,11-12,29H,7-10,13-14H2,1-4H3/t21-,22?/m1/s1. The first kappa shape index (κ1) is 20.3. The fourth-order valence-corrected chi connectivity index (χ4v) is 4.60. The molecule has 0 N–H and O–H groups in total. The van der Waals surface area contributed by atoms with Gasteiger partial charge in [-0.15, -0.1) is 0 Å². The highest BCUT2D eigenvalue weighted by atomic mass is 32.1. The van der Waals surface area contributed by atoms with Crippen LogP contribution in [0.3, 0.4) is 0 Å². The second kappa shape index (κ2) is 7.69. The van der Waals surface area contributed by atoms with E-state index in [0.717, 1.165) is 37.3 Å². The van der Waals surface area contributed by atoms with E-state index in [4.69, 9.17) is 31.8 Å². The zero-order valence-electron chi connectivity index (χ0n) is 17.6. The highest BCUT2D eigenvalue weighted by Gasteiger charge is 2.42. The normalized spacial score (nSPS) is 23.6. The number of hydrogen-bond acceptors (Lipinski definition) is 7. The van der Waals surface area contributed by atoms with Gasteiger partial charge in [-0.05, 0) is 55.9 Å². The van der Waals surface area contributed by atoms with E-state index in [1.54, 1.807) is 7.11 Å². The molecule has 4 rings (SSSR count). The molecule has 7 heteroatoms. The molecule has 29 heavy (non-hydrogen) atoms. The molecule has 2 aliphatic heterocycles. The van der Waals surface area contributed by atoms with Crippen LogP contribution in [0.25, 0.3) is 0 Å². The van der Waals surface area contributed by atoms with Gasteiger partial charge in [-0.1, -0.05) is 6.92 Å². The molecule has 0 radical (unpaired) electrons. The lowest BCUT2D eigenvalue weighted by Gasteiger charge is -2.36. The second-order valence-corrected chi connectivity index (χ2v) is 9.41. The average molecular weight is 416 g/mol. The van der Waals surface area contributed by atoms with Gasteiger partial charge in [0.05, 0.1) is 12.8 Å². The number of rotatable bonds is 5. The predicted octanol–water partition coefficient (Wildman–Crippen LogP) is 3.62. The molecule has 1 fully saturated rings. The summed E-state index contributed by atoms with van der Waals surface area (Å²) in [6, 6.07) is 8.13. The summed E-state index contributed by atoms with van der Waals surface area (Å²) in [5.74, 6) is 1.95. The third-order valence-corrected chi connectivity index (χ3v) is 6.41. The fraction of sp³-hybridized carbons (Fsp3) is 0.545. The van der Waals surface area contributed by atoms with Crippen LogP contribution in [0, 0.1) is 12.3 Å². The Labute approximate surface area is 178 Å². The van der Waals surface area contributed by atoms with E-state index in [1.165, 1.54) is 5.56 Å². The van der Waals surface area contributed by atoms with Crippen LogP contribution in [0.4, 0.5) is 0 Å². The Bertz CT molecular complexity index is 905. The lowest BCUT2D eigenvalue weighted by atomic mass is 9.83. The van der Waals surface area contributed by atoms with Gasteiger partial charge in [-0.2, -0.15) is 12.6 Å². The first-order chi connectivity index (χ1) is 13.8. The highest BCUT2D eigenvalue weighted by molar-refractivity contribution is 7.81. The summed E-state index contributed by atoms with van der Waals surface area (Å²) in [4.78, 5) is 11.0. The Morgan fingerprint density at radius 2 is 2.03 bits per heavy atom. The third kappa shape index (κ3) is 4.16. The maximum Gasteiger partial charge on any atom is 0.257 e. The molecule has 0 aliphatic carbocycles. The van der Waals surface area contributed by atoms with E-state index in [9.17, 15) is 0 Å². The summed E-state index contributed by atoms with van der Waals surface area (Å²) in [5, 5.41) is 0. The molecule has 0 amide bonds. The number of thiol groups is 1. The van der Waals surface area contributed by atoms with Crippen molar-refractivity contribution in [2.24, 2.45) is 5.41 Å². The first-order valence-electron chi connectivity index (χ1n) is 10.1. The highest BCUT2D eigenvalue weighted by Crippen LogP contribution is 2.43. The molecule has 2 aliphatic rings. The smallest absolute Gasteiger partial charge is 0.257 e. The molecular weight excluding hydrogens is 386 g/mol. The zero-order valence-corrected chi connectivity index (χ0v) is 18.5. The molecule has 2 aromatic heterocycles. The van der Waals surface area contributed by atoms with Gasteiger partial charge in [0.15, 0.2) is 5.75 Å². The van der Waals surface area contributed by atoms with Gasteiger partial charge < -0.3 is 14.2 Å². The lowest BCUT2D eigenvalue weighted by Crippen LogP contribution is -2.40. The van der Waals surface area contributed by atoms with E-state index in [2.05, 4.69) is 29.8 Å². The van der Waals surface area contributed by atoms with Crippen LogP contribution in [-0.4, -0.2) is 48.3 Å². The Morgan fingerprint density at radius 3 is 2.83 bits per heavy atom. The quantitative estimate of drug-likeness (QED) is 0.753. The predicted molar refractivity (Wildman–Crippen MR) is 115 cm³/mol. The van der Waals surface area contributed by atoms with Crippen LogP contribution >= 0.6 is 12.6 Å². The van der Waals surface area contributed by atoms with Crippen LogP contribution in [0.15, 0.2) is 24.3 Å². The molecule has 1 unspecified atom stereocenters. The van der Waals surface area contributed by atoms with E-state index in [0.29, 0.717) is 30.7 Å². The van der Waals surface area contributed by atoms with E-state index in [-0.39, 0.29) is 5.41 Å². The maximum absolute atomic E-state index is 5.67. The molecule has 1 saturated heterocycles. The van der Waals surface area contributed by atoms with Gasteiger partial charge in [0, 0.05) is 24.8 Å². The Morgan fingerprint density at radius 1 is 1.24 bits per heavy atom. The van der Waals surface area contributed by atoms with E-state index < -0.39 is 4.87 Å². The second-order valence-electron chi connectivity index (χ2n) is 8.54. The molecular formula is C22H29N3O3S. The minimum Gasteiger partial charge on any atom is -0.484 e. The Hall–Kier alpha value is -1.99. The molecule has 0 bridgehead atoms. The van der Waals surface area contributed by atoms with Gasteiger partial charge in [0.25, 0.3) is 5.88 Å². The van der Waals surface area contributed by atoms with Crippen molar-refractivity contribution in [3.8, 4) is 17.5 Å². The summed E-state index contributed by atoms with van der Waals surface area (Å²) in [6.07, 6.45) is 2.07. The van der Waals surface area contributed by atoms with E-state index in [1.807, 2.05) is 25.1 Å². The lowest BCUT2D eigenvalue weighted by molar-refractivity contribution is 0.159. The Balaban J connectivity index is 1.51. The van der Waals surface area contributed by atoms with Crippen LogP contribution in [0.2, 0.25) is 0 Å². The summed E-state index contributed by atoms with van der Waals surface area (Å²) in [7, 11) is 1.66. The zero-order chi connectivity index (χ0) is 20.6. The molecule has 2 aromatic rings. The number of likely N-dealkylation sites (tertiary alicyclic amines) is 1. The van der Waals surface area contributed by atoms with Crippen LogP contribution < -0.4 is 14.2 Å². The fourth-order valence-electron chi connectivity index (χ4n) is 4.30. The van der Waals surface area contributed by atoms with Crippen molar-refractivity contribution < 1.29 is 14.2 Å². The minimum absolute atomic E-state index is 0.149. The summed E-state index contributed by atoms with van der Waals surface area (Å²) >= 11 is 5.03. The Kier molecular flexibility index (Phi) is 5.38. The summed E-state index contributed by atoms with van der Waals surface area (Å²) in [5.41, 5.74) is 3.28. The van der Waals surface area contributed by atoms with Gasteiger partial charge >= 0.3 is 0 Å². The van der Waals surface area contributed by atoms with Crippen LogP contribution in [0.1, 0.15) is 37.2 Å². The molecule has 2 atom stereocenters. The number of aryl methyl sites for hydroxylation is 1. The van der Waals surface area contributed by atoms with E-state index >= 15 is 0 Å². The SMILES string of the molecule is COc1cc(C[C@@]2(C)CCN(C(C)(S)c3ccc4c(n3)OCCO4)C2)cc(C)n1. The summed E-state index contributed by atoms with van der Waals surface area (Å²) < 4.78 is 16.6. The van der Waals surface area contributed by atoms with Gasteiger partial charge in [-0.25, -0.2) is 9.97 Å². The molecule has 0 spiro atoms. The number of nitrogens with zero attached hydrogens (tertiary/aromatic N) is 3. The van der Waals surface area contributed by atoms with Crippen molar-refractivity contribution in [3.63, 3.8) is 0 Å². The van der Waals surface area contributed by atoms with Crippen molar-refractivity contribution in [2.75, 3.05) is 33.4 Å². The van der Waals surface area contributed by atoms with Crippen LogP contribution in [-0.2, 0) is 11.3 Å². The van der Waals surface area contributed by atoms with Gasteiger partial charge in [0.1, 0.15) is 18.1 Å². The summed E-state index contributed by atoms with van der Waals surface area (Å²) in [6.45, 7) is 9.46. The molecule has 4 heterocycles. The van der Waals surface area contributed by atoms with Crippen molar-refractivity contribution in [1.29, 1.82) is 0 Å². The molecule has 0 aromatic carbocycles. The minimum atomic E-state index is -0.487. The van der Waals surface area contributed by atoms with Crippen molar-refractivity contribution >= 4 is 12.6 Å². The van der Waals surface area contributed by atoms with Crippen LogP contribution in [0.5, 0.6) is 17.5 Å². The number of fused-ring (bicyclic) bond motifs is 1. The first-order valence-corrected chi connectivity index (χ1v) is 10.5. The molecule has 156 valence electrons. The van der Waals surface area contributed by atoms with Crippen molar-refractivity contribution in [2.45, 2.75) is 38.5 Å². The van der Waals surface area contributed by atoms with Crippen molar-refractivity contribution in [3.05, 3.63) is 41.2 Å².